The molecule has 1 aromatic rings. The van der Waals surface area contributed by atoms with Crippen molar-refractivity contribution in [2.75, 3.05) is 30.3 Å². The van der Waals surface area contributed by atoms with Gasteiger partial charge in [-0.15, -0.1) is 0 Å². The molecular weight excluding hydrogens is 324 g/mol. The Hall–Kier alpha value is -1.37. The molecule has 0 radical (unpaired) electrons. The maximum absolute atomic E-state index is 11.9. The van der Waals surface area contributed by atoms with Crippen LogP contribution < -0.4 is 10.6 Å². The number of anilines is 2. The normalized spacial score (nSPS) is 22.6. The lowest BCUT2D eigenvalue weighted by Gasteiger charge is -2.36. The molecule has 110 valence electrons. The number of nitrogens with zero attached hydrogens (tertiary/aromatic N) is 3. The molecule has 0 unspecified atom stereocenters. The van der Waals surface area contributed by atoms with Gasteiger partial charge in [0.15, 0.2) is 11.6 Å². The van der Waals surface area contributed by atoms with Gasteiger partial charge >= 0.3 is 5.97 Å². The van der Waals surface area contributed by atoms with Crippen LogP contribution in [0.1, 0.15) is 20.3 Å². The Bertz CT molecular complexity index is 497. The summed E-state index contributed by atoms with van der Waals surface area (Å²) in [6.45, 7) is 5.75. The van der Waals surface area contributed by atoms with Gasteiger partial charge in [-0.3, -0.25) is 4.79 Å². The number of carbonyl (C=O) groups is 1. The van der Waals surface area contributed by atoms with Gasteiger partial charge < -0.3 is 15.4 Å². The predicted molar refractivity (Wildman–Crippen MR) is 80.3 cm³/mol. The van der Waals surface area contributed by atoms with Crippen molar-refractivity contribution in [3.8, 4) is 0 Å². The Morgan fingerprint density at radius 3 is 3.05 bits per heavy atom. The van der Waals surface area contributed by atoms with Crippen LogP contribution in [0.25, 0.3) is 0 Å². The number of aromatic nitrogens is 2. The average Bonchev–Trinajstić information content (AvgIpc) is 2.41. The molecule has 20 heavy (non-hydrogen) atoms. The van der Waals surface area contributed by atoms with Gasteiger partial charge in [0.2, 0.25) is 0 Å². The minimum atomic E-state index is -0.104. The highest BCUT2D eigenvalue weighted by Crippen LogP contribution is 2.30. The van der Waals surface area contributed by atoms with E-state index in [1.54, 1.807) is 6.20 Å². The Morgan fingerprint density at radius 2 is 2.40 bits per heavy atom. The lowest BCUT2D eigenvalue weighted by molar-refractivity contribution is -0.150. The van der Waals surface area contributed by atoms with Crippen molar-refractivity contribution >= 4 is 33.5 Å². The number of esters is 1. The lowest BCUT2D eigenvalue weighted by atomic mass is 9.87. The maximum atomic E-state index is 11.9. The van der Waals surface area contributed by atoms with Gasteiger partial charge in [-0.2, -0.15) is 0 Å². The van der Waals surface area contributed by atoms with Crippen molar-refractivity contribution in [2.45, 2.75) is 20.3 Å². The average molecular weight is 343 g/mol. The van der Waals surface area contributed by atoms with Gasteiger partial charge in [-0.05, 0) is 35.2 Å². The third-order valence-electron chi connectivity index (χ3n) is 3.55. The summed E-state index contributed by atoms with van der Waals surface area (Å²) in [5, 5.41) is 0. The van der Waals surface area contributed by atoms with Crippen LogP contribution in [0, 0.1) is 11.8 Å². The zero-order chi connectivity index (χ0) is 14.7. The second-order valence-electron chi connectivity index (χ2n) is 4.97. The van der Waals surface area contributed by atoms with E-state index in [4.69, 9.17) is 10.5 Å². The fourth-order valence-corrected chi connectivity index (χ4v) is 2.81. The summed E-state index contributed by atoms with van der Waals surface area (Å²) < 4.78 is 5.77. The Balaban J connectivity index is 2.09. The van der Waals surface area contributed by atoms with Gasteiger partial charge in [0.05, 0.1) is 18.7 Å². The number of carbonyl (C=O) groups excluding carboxylic acids is 1. The number of nitrogen functional groups attached to an aromatic ring is 1. The highest BCUT2D eigenvalue weighted by Gasteiger charge is 2.33. The first kappa shape index (κ1) is 15.0. The van der Waals surface area contributed by atoms with E-state index in [1.807, 2.05) is 6.92 Å². The number of halogens is 1. The van der Waals surface area contributed by atoms with Crippen molar-refractivity contribution in [3.05, 3.63) is 10.8 Å². The van der Waals surface area contributed by atoms with Crippen LogP contribution in [0.4, 0.5) is 11.6 Å². The largest absolute Gasteiger partial charge is 0.466 e. The zero-order valence-corrected chi connectivity index (χ0v) is 13.3. The monoisotopic (exact) mass is 342 g/mol. The van der Waals surface area contributed by atoms with E-state index >= 15 is 0 Å². The molecule has 7 heteroatoms. The molecule has 2 N–H and O–H groups in total. The third-order valence-corrected chi connectivity index (χ3v) is 3.93. The lowest BCUT2D eigenvalue weighted by Crippen LogP contribution is -2.43. The topological polar surface area (TPSA) is 81.3 Å². The molecule has 0 aliphatic carbocycles. The predicted octanol–water partition coefficient (Wildman–Crippen LogP) is 1.85. The Morgan fingerprint density at radius 1 is 1.65 bits per heavy atom. The van der Waals surface area contributed by atoms with Crippen molar-refractivity contribution in [3.63, 3.8) is 0 Å². The summed E-state index contributed by atoms with van der Waals surface area (Å²) >= 11 is 3.30. The van der Waals surface area contributed by atoms with Crippen LogP contribution in [0.15, 0.2) is 10.8 Å². The van der Waals surface area contributed by atoms with Gasteiger partial charge in [0.25, 0.3) is 0 Å². The number of rotatable bonds is 3. The van der Waals surface area contributed by atoms with Crippen molar-refractivity contribution < 1.29 is 9.53 Å². The van der Waals surface area contributed by atoms with Gasteiger partial charge in [0, 0.05) is 13.1 Å². The molecule has 1 aliphatic rings. The Kier molecular flexibility index (Phi) is 4.80. The van der Waals surface area contributed by atoms with Gasteiger partial charge in [-0.25, -0.2) is 9.97 Å². The van der Waals surface area contributed by atoms with E-state index in [1.165, 1.54) is 0 Å². The minimum absolute atomic E-state index is 0.0486. The van der Waals surface area contributed by atoms with Crippen LogP contribution in [0.3, 0.4) is 0 Å². The highest BCUT2D eigenvalue weighted by molar-refractivity contribution is 9.10. The summed E-state index contributed by atoms with van der Waals surface area (Å²) in [6, 6.07) is 0. The molecule has 1 aliphatic heterocycles. The first-order chi connectivity index (χ1) is 9.52. The SMILES string of the molecule is CCOC(=O)[C@@H]1CCN(c2nc(Br)cnc2N)C[C@@H]1C. The molecule has 6 nitrogen and oxygen atoms in total. The van der Waals surface area contributed by atoms with Crippen LogP contribution in [-0.2, 0) is 9.53 Å². The van der Waals surface area contributed by atoms with Crippen LogP contribution in [0.5, 0.6) is 0 Å². The van der Waals surface area contributed by atoms with Crippen LogP contribution in [0.2, 0.25) is 0 Å². The third kappa shape index (κ3) is 3.20. The fourth-order valence-electron chi connectivity index (χ4n) is 2.54. The van der Waals surface area contributed by atoms with E-state index in [2.05, 4.69) is 37.7 Å². The van der Waals surface area contributed by atoms with E-state index in [-0.39, 0.29) is 17.8 Å². The molecule has 0 amide bonds. The highest BCUT2D eigenvalue weighted by atomic mass is 79.9. The molecule has 0 bridgehead atoms. The van der Waals surface area contributed by atoms with Gasteiger partial charge in [-0.1, -0.05) is 6.92 Å². The number of hydrogen-bond acceptors (Lipinski definition) is 6. The smallest absolute Gasteiger partial charge is 0.309 e. The van der Waals surface area contributed by atoms with E-state index in [0.29, 0.717) is 22.8 Å². The van der Waals surface area contributed by atoms with Crippen molar-refractivity contribution in [1.82, 2.24) is 9.97 Å². The molecule has 1 fully saturated rings. The van der Waals surface area contributed by atoms with E-state index in [9.17, 15) is 4.79 Å². The molecule has 1 saturated heterocycles. The van der Waals surface area contributed by atoms with E-state index in [0.717, 1.165) is 19.5 Å². The first-order valence-electron chi connectivity index (χ1n) is 6.72. The zero-order valence-electron chi connectivity index (χ0n) is 11.7. The maximum Gasteiger partial charge on any atom is 0.309 e. The quantitative estimate of drug-likeness (QED) is 0.844. The molecular formula is C13H19BrN4O2. The minimum Gasteiger partial charge on any atom is -0.466 e. The van der Waals surface area contributed by atoms with Crippen molar-refractivity contribution in [1.29, 1.82) is 0 Å². The molecule has 0 aromatic carbocycles. The number of ether oxygens (including phenoxy) is 1. The summed E-state index contributed by atoms with van der Waals surface area (Å²) in [5.41, 5.74) is 5.88. The standard InChI is InChI=1S/C13H19BrN4O2/c1-3-20-13(19)9-4-5-18(7-8(9)2)12-11(15)16-6-10(14)17-12/h6,8-9H,3-5,7H2,1-2H3,(H2,15,16)/t8-,9+/m0/s1. The number of nitrogens with two attached hydrogens (primary N) is 1. The second kappa shape index (κ2) is 6.39. The number of piperidine rings is 1. The summed E-state index contributed by atoms with van der Waals surface area (Å²) in [5.74, 6) is 1.13. The molecule has 2 rings (SSSR count). The molecule has 2 atom stereocenters. The Labute approximate surface area is 126 Å². The second-order valence-corrected chi connectivity index (χ2v) is 5.78. The molecule has 2 heterocycles. The van der Waals surface area contributed by atoms with Gasteiger partial charge in [0.1, 0.15) is 4.60 Å². The molecule has 1 aromatic heterocycles. The fraction of sp³-hybridized carbons (Fsp3) is 0.615. The summed E-state index contributed by atoms with van der Waals surface area (Å²) in [7, 11) is 0. The summed E-state index contributed by atoms with van der Waals surface area (Å²) in [6.07, 6.45) is 2.32. The summed E-state index contributed by atoms with van der Waals surface area (Å²) in [4.78, 5) is 22.4. The van der Waals surface area contributed by atoms with Crippen LogP contribution in [-0.4, -0.2) is 35.6 Å². The molecule has 0 spiro atoms. The molecule has 0 saturated carbocycles. The van der Waals surface area contributed by atoms with E-state index < -0.39 is 0 Å². The number of hydrogen-bond donors (Lipinski definition) is 1. The van der Waals surface area contributed by atoms with Crippen molar-refractivity contribution in [2.24, 2.45) is 11.8 Å². The first-order valence-corrected chi connectivity index (χ1v) is 7.51. The van der Waals surface area contributed by atoms with Crippen LogP contribution >= 0.6 is 15.9 Å².